The molecule has 0 aliphatic carbocycles. The van der Waals surface area contributed by atoms with E-state index in [9.17, 15) is 9.59 Å². The van der Waals surface area contributed by atoms with Crippen LogP contribution in [0.1, 0.15) is 29.8 Å². The van der Waals surface area contributed by atoms with Crippen molar-refractivity contribution in [3.63, 3.8) is 0 Å². The van der Waals surface area contributed by atoms with Crippen LogP contribution in [0.3, 0.4) is 0 Å². The molecular formula is C20H24N2O2S. The SMILES string of the molecule is Cc1ccccc1SCC(=O)Nc1ccccc1C(=O)NCC(C)C. The van der Waals surface area contributed by atoms with E-state index in [0.29, 0.717) is 29.5 Å². The Morgan fingerprint density at radius 2 is 1.72 bits per heavy atom. The molecule has 5 heteroatoms. The Labute approximate surface area is 153 Å². The van der Waals surface area contributed by atoms with Crippen molar-refractivity contribution in [1.82, 2.24) is 5.32 Å². The first kappa shape index (κ1) is 19.1. The van der Waals surface area contributed by atoms with Crippen molar-refractivity contribution in [2.75, 3.05) is 17.6 Å². The Morgan fingerprint density at radius 1 is 1.04 bits per heavy atom. The zero-order chi connectivity index (χ0) is 18.2. The number of amides is 2. The van der Waals surface area contributed by atoms with Gasteiger partial charge in [-0.1, -0.05) is 44.2 Å². The molecule has 2 amide bonds. The van der Waals surface area contributed by atoms with Gasteiger partial charge < -0.3 is 10.6 Å². The van der Waals surface area contributed by atoms with Crippen molar-refractivity contribution in [1.29, 1.82) is 0 Å². The summed E-state index contributed by atoms with van der Waals surface area (Å²) in [7, 11) is 0. The lowest BCUT2D eigenvalue weighted by atomic mass is 10.1. The maximum Gasteiger partial charge on any atom is 0.253 e. The molecular weight excluding hydrogens is 332 g/mol. The second kappa shape index (κ2) is 9.28. The number of hydrogen-bond acceptors (Lipinski definition) is 3. The Bertz CT molecular complexity index is 744. The summed E-state index contributed by atoms with van der Waals surface area (Å²) < 4.78 is 0. The molecule has 0 heterocycles. The molecule has 0 atom stereocenters. The fraction of sp³-hybridized carbons (Fsp3) is 0.300. The number of carbonyl (C=O) groups excluding carboxylic acids is 2. The Morgan fingerprint density at radius 3 is 2.44 bits per heavy atom. The van der Waals surface area contributed by atoms with E-state index >= 15 is 0 Å². The molecule has 0 saturated heterocycles. The Balaban J connectivity index is 1.98. The van der Waals surface area contributed by atoms with Crippen LogP contribution in [0.2, 0.25) is 0 Å². The largest absolute Gasteiger partial charge is 0.352 e. The summed E-state index contributed by atoms with van der Waals surface area (Å²) >= 11 is 1.49. The summed E-state index contributed by atoms with van der Waals surface area (Å²) in [5.41, 5.74) is 2.17. The highest BCUT2D eigenvalue weighted by atomic mass is 32.2. The van der Waals surface area contributed by atoms with Gasteiger partial charge in [-0.25, -0.2) is 0 Å². The molecule has 0 spiro atoms. The predicted molar refractivity (Wildman–Crippen MR) is 104 cm³/mol. The van der Waals surface area contributed by atoms with Crippen LogP contribution in [0.5, 0.6) is 0 Å². The maximum absolute atomic E-state index is 12.3. The van der Waals surface area contributed by atoms with Gasteiger partial charge in [0.25, 0.3) is 5.91 Å². The zero-order valence-electron chi connectivity index (χ0n) is 14.8. The molecule has 0 fully saturated rings. The number of para-hydroxylation sites is 1. The van der Waals surface area contributed by atoms with Crippen molar-refractivity contribution in [2.45, 2.75) is 25.7 Å². The second-order valence-corrected chi connectivity index (χ2v) is 7.27. The standard InChI is InChI=1S/C20H24N2O2S/c1-14(2)12-21-20(24)16-9-5-6-10-17(16)22-19(23)13-25-18-11-7-4-8-15(18)3/h4-11,14H,12-13H2,1-3H3,(H,21,24)(H,22,23). The van der Waals surface area contributed by atoms with Gasteiger partial charge in [0, 0.05) is 11.4 Å². The molecule has 4 nitrogen and oxygen atoms in total. The predicted octanol–water partition coefficient (Wildman–Crippen LogP) is 4.11. The number of thioether (sulfide) groups is 1. The molecule has 0 aliphatic rings. The fourth-order valence-electron chi connectivity index (χ4n) is 2.23. The van der Waals surface area contributed by atoms with Gasteiger partial charge in [-0.15, -0.1) is 11.8 Å². The van der Waals surface area contributed by atoms with E-state index in [1.807, 2.05) is 51.1 Å². The van der Waals surface area contributed by atoms with Gasteiger partial charge in [-0.05, 0) is 36.6 Å². The second-order valence-electron chi connectivity index (χ2n) is 6.25. The highest BCUT2D eigenvalue weighted by Gasteiger charge is 2.13. The van der Waals surface area contributed by atoms with E-state index in [-0.39, 0.29) is 11.8 Å². The van der Waals surface area contributed by atoms with Crippen LogP contribution in [-0.4, -0.2) is 24.1 Å². The molecule has 0 saturated carbocycles. The minimum absolute atomic E-state index is 0.127. The third kappa shape index (κ3) is 5.94. The monoisotopic (exact) mass is 356 g/mol. The molecule has 2 rings (SSSR count). The van der Waals surface area contributed by atoms with E-state index in [2.05, 4.69) is 10.6 Å². The summed E-state index contributed by atoms with van der Waals surface area (Å²) in [5, 5.41) is 5.73. The third-order valence-electron chi connectivity index (χ3n) is 3.57. The lowest BCUT2D eigenvalue weighted by molar-refractivity contribution is -0.113. The maximum atomic E-state index is 12.3. The molecule has 0 radical (unpaired) electrons. The normalized spacial score (nSPS) is 10.6. The third-order valence-corrected chi connectivity index (χ3v) is 4.74. The van der Waals surface area contributed by atoms with Gasteiger partial charge in [0.2, 0.25) is 5.91 Å². The number of benzene rings is 2. The van der Waals surface area contributed by atoms with E-state index in [4.69, 9.17) is 0 Å². The first-order chi connectivity index (χ1) is 12.0. The van der Waals surface area contributed by atoms with Crippen LogP contribution in [0.25, 0.3) is 0 Å². The van der Waals surface area contributed by atoms with E-state index in [1.165, 1.54) is 11.8 Å². The molecule has 0 unspecified atom stereocenters. The van der Waals surface area contributed by atoms with Crippen molar-refractivity contribution >= 4 is 29.3 Å². The first-order valence-corrected chi connectivity index (χ1v) is 9.31. The molecule has 2 N–H and O–H groups in total. The van der Waals surface area contributed by atoms with Gasteiger partial charge in [0.05, 0.1) is 17.0 Å². The summed E-state index contributed by atoms with van der Waals surface area (Å²) in [4.78, 5) is 25.7. The van der Waals surface area contributed by atoms with Crippen molar-refractivity contribution in [3.05, 3.63) is 59.7 Å². The average molecular weight is 356 g/mol. The van der Waals surface area contributed by atoms with Crippen molar-refractivity contribution < 1.29 is 9.59 Å². The van der Waals surface area contributed by atoms with Gasteiger partial charge in [-0.3, -0.25) is 9.59 Å². The smallest absolute Gasteiger partial charge is 0.253 e. The Hall–Kier alpha value is -2.27. The van der Waals surface area contributed by atoms with Gasteiger partial charge >= 0.3 is 0 Å². The van der Waals surface area contributed by atoms with Crippen LogP contribution in [0.15, 0.2) is 53.4 Å². The van der Waals surface area contributed by atoms with E-state index < -0.39 is 0 Å². The molecule has 2 aromatic rings. The Kier molecular flexibility index (Phi) is 7.07. The van der Waals surface area contributed by atoms with Crippen LogP contribution >= 0.6 is 11.8 Å². The lowest BCUT2D eigenvalue weighted by Gasteiger charge is -2.12. The lowest BCUT2D eigenvalue weighted by Crippen LogP contribution is -2.28. The molecule has 25 heavy (non-hydrogen) atoms. The summed E-state index contributed by atoms with van der Waals surface area (Å²) in [6, 6.07) is 15.0. The molecule has 0 bridgehead atoms. The summed E-state index contributed by atoms with van der Waals surface area (Å²) in [6.07, 6.45) is 0. The van der Waals surface area contributed by atoms with E-state index in [0.717, 1.165) is 10.5 Å². The van der Waals surface area contributed by atoms with E-state index in [1.54, 1.807) is 18.2 Å². The fourth-order valence-corrected chi connectivity index (χ4v) is 3.06. The number of nitrogens with one attached hydrogen (secondary N) is 2. The molecule has 132 valence electrons. The van der Waals surface area contributed by atoms with Gasteiger partial charge in [-0.2, -0.15) is 0 Å². The molecule has 2 aromatic carbocycles. The van der Waals surface area contributed by atoms with Crippen LogP contribution in [0, 0.1) is 12.8 Å². The summed E-state index contributed by atoms with van der Waals surface area (Å²) in [6.45, 7) is 6.70. The number of carbonyl (C=O) groups is 2. The zero-order valence-corrected chi connectivity index (χ0v) is 15.7. The van der Waals surface area contributed by atoms with Crippen LogP contribution in [0.4, 0.5) is 5.69 Å². The van der Waals surface area contributed by atoms with Crippen LogP contribution in [-0.2, 0) is 4.79 Å². The number of anilines is 1. The van der Waals surface area contributed by atoms with Crippen molar-refractivity contribution in [3.8, 4) is 0 Å². The van der Waals surface area contributed by atoms with Crippen LogP contribution < -0.4 is 10.6 Å². The highest BCUT2D eigenvalue weighted by Crippen LogP contribution is 2.22. The number of hydrogen-bond donors (Lipinski definition) is 2. The highest BCUT2D eigenvalue weighted by molar-refractivity contribution is 8.00. The number of aryl methyl sites for hydroxylation is 1. The first-order valence-electron chi connectivity index (χ1n) is 8.33. The minimum atomic E-state index is -0.170. The minimum Gasteiger partial charge on any atom is -0.352 e. The van der Waals surface area contributed by atoms with Crippen molar-refractivity contribution in [2.24, 2.45) is 5.92 Å². The van der Waals surface area contributed by atoms with Gasteiger partial charge in [0.15, 0.2) is 0 Å². The topological polar surface area (TPSA) is 58.2 Å². The molecule has 0 aromatic heterocycles. The molecule has 0 aliphatic heterocycles. The summed E-state index contributed by atoms with van der Waals surface area (Å²) in [5.74, 6) is 0.372. The quantitative estimate of drug-likeness (QED) is 0.734. The van der Waals surface area contributed by atoms with Gasteiger partial charge in [0.1, 0.15) is 0 Å². The number of rotatable bonds is 7. The average Bonchev–Trinajstić information content (AvgIpc) is 2.59.